The lowest BCUT2D eigenvalue weighted by Crippen LogP contribution is -2.10. The number of hydrogen-bond acceptors (Lipinski definition) is 4. The van der Waals surface area contributed by atoms with E-state index in [9.17, 15) is 0 Å². The highest BCUT2D eigenvalue weighted by atomic mass is 16.3. The minimum absolute atomic E-state index is 0.468. The van der Waals surface area contributed by atoms with Crippen LogP contribution < -0.4 is 9.80 Å². The van der Waals surface area contributed by atoms with E-state index in [4.69, 9.17) is 8.83 Å². The maximum Gasteiger partial charge on any atom is 0.143 e. The number of anilines is 6. The van der Waals surface area contributed by atoms with Crippen molar-refractivity contribution in [3.05, 3.63) is 192 Å². The summed E-state index contributed by atoms with van der Waals surface area (Å²) in [7, 11) is 0. The predicted octanol–water partition coefficient (Wildman–Crippen LogP) is 19.2. The van der Waals surface area contributed by atoms with Gasteiger partial charge < -0.3 is 18.6 Å². The van der Waals surface area contributed by atoms with Crippen molar-refractivity contribution in [2.75, 3.05) is 9.80 Å². The lowest BCUT2D eigenvalue weighted by atomic mass is 10.0. The van der Waals surface area contributed by atoms with E-state index in [-0.39, 0.29) is 0 Å². The van der Waals surface area contributed by atoms with Gasteiger partial charge in [-0.1, -0.05) is 116 Å². The van der Waals surface area contributed by atoms with Gasteiger partial charge in [0.25, 0.3) is 0 Å². The molecule has 11 rings (SSSR count). The van der Waals surface area contributed by atoms with Gasteiger partial charge in [0.1, 0.15) is 22.3 Å². The second-order valence-electron chi connectivity index (χ2n) is 19.4. The summed E-state index contributed by atoms with van der Waals surface area (Å²) in [4.78, 5) is 4.71. The van der Waals surface area contributed by atoms with Gasteiger partial charge in [0.05, 0.1) is 0 Å². The Hall–Kier alpha value is -7.30. The number of fused-ring (bicyclic) bond motifs is 9. The quantitative estimate of drug-likeness (QED) is 0.137. The van der Waals surface area contributed by atoms with Crippen molar-refractivity contribution in [3.8, 4) is 0 Å². The van der Waals surface area contributed by atoms with Crippen molar-refractivity contribution in [1.82, 2.24) is 0 Å². The minimum atomic E-state index is 0.468. The Morgan fingerprint density at radius 1 is 0.273 bits per heavy atom. The molecule has 11 aromatic rings. The van der Waals surface area contributed by atoms with Gasteiger partial charge >= 0.3 is 0 Å². The Morgan fingerprint density at radius 2 is 0.621 bits per heavy atom. The largest absolute Gasteiger partial charge is 0.456 e. The first-order valence-corrected chi connectivity index (χ1v) is 23.7. The standard InChI is InChI=1S/C62H56N2O2/c1-37(2)41-9-19-48(20-10-41)63(49-21-11-42(12-22-49)38(3)4)52-27-17-45-33-56-58-36-61-57(35-60(58)65-59(56)34-47(45)32-52)55-29-18-46-31-53(28-30-54(46)62(55)66-61)64(50-23-13-43(14-24-50)39(5)6)51-25-15-44(16-26-51)40(7)8/h9-40H,1-8H3. The molecule has 0 aliphatic carbocycles. The molecule has 0 aliphatic heterocycles. The summed E-state index contributed by atoms with van der Waals surface area (Å²) in [6.07, 6.45) is 0. The van der Waals surface area contributed by atoms with Crippen LogP contribution in [0.3, 0.4) is 0 Å². The molecular weight excluding hydrogens is 805 g/mol. The third-order valence-corrected chi connectivity index (χ3v) is 13.8. The van der Waals surface area contributed by atoms with Gasteiger partial charge in [0, 0.05) is 61.1 Å². The smallest absolute Gasteiger partial charge is 0.143 e. The first-order valence-electron chi connectivity index (χ1n) is 23.7. The minimum Gasteiger partial charge on any atom is -0.456 e. The van der Waals surface area contributed by atoms with Crippen LogP contribution in [0.2, 0.25) is 0 Å². The molecule has 0 saturated carbocycles. The molecule has 0 radical (unpaired) electrons. The number of rotatable bonds is 10. The summed E-state index contributed by atoms with van der Waals surface area (Å²) in [6.45, 7) is 17.9. The Balaban J connectivity index is 0.974. The average Bonchev–Trinajstić information content (AvgIpc) is 3.87. The molecule has 2 aromatic heterocycles. The molecular formula is C62H56N2O2. The summed E-state index contributed by atoms with van der Waals surface area (Å²) < 4.78 is 13.5. The molecule has 0 atom stereocenters. The van der Waals surface area contributed by atoms with Gasteiger partial charge in [0.15, 0.2) is 0 Å². The Kier molecular flexibility index (Phi) is 10.2. The van der Waals surface area contributed by atoms with E-state index in [0.717, 1.165) is 99.5 Å². The molecule has 0 fully saturated rings. The van der Waals surface area contributed by atoms with E-state index < -0.39 is 0 Å². The first-order chi connectivity index (χ1) is 32.0. The van der Waals surface area contributed by atoms with Crippen molar-refractivity contribution in [1.29, 1.82) is 0 Å². The van der Waals surface area contributed by atoms with Crippen LogP contribution >= 0.6 is 0 Å². The highest BCUT2D eigenvalue weighted by molar-refractivity contribution is 6.20. The number of nitrogens with zero attached hydrogens (tertiary/aromatic N) is 2. The van der Waals surface area contributed by atoms with Gasteiger partial charge in [-0.2, -0.15) is 0 Å². The fourth-order valence-corrected chi connectivity index (χ4v) is 9.75. The molecule has 0 amide bonds. The van der Waals surface area contributed by atoms with Gasteiger partial charge in [-0.15, -0.1) is 0 Å². The first kappa shape index (κ1) is 41.4. The third-order valence-electron chi connectivity index (χ3n) is 13.8. The lowest BCUT2D eigenvalue weighted by molar-refractivity contribution is 0.666. The third kappa shape index (κ3) is 7.26. The molecule has 4 nitrogen and oxygen atoms in total. The molecule has 0 saturated heterocycles. The summed E-state index contributed by atoms with van der Waals surface area (Å²) in [5.41, 5.74) is 15.5. The lowest BCUT2D eigenvalue weighted by Gasteiger charge is -2.26. The van der Waals surface area contributed by atoms with Crippen molar-refractivity contribution in [2.24, 2.45) is 0 Å². The maximum atomic E-state index is 6.83. The van der Waals surface area contributed by atoms with Crippen LogP contribution in [-0.2, 0) is 0 Å². The molecule has 9 aromatic carbocycles. The van der Waals surface area contributed by atoms with Gasteiger partial charge in [-0.25, -0.2) is 0 Å². The van der Waals surface area contributed by atoms with E-state index >= 15 is 0 Å². The molecule has 326 valence electrons. The van der Waals surface area contributed by atoms with Crippen LogP contribution in [0.15, 0.2) is 179 Å². The molecule has 4 heteroatoms. The van der Waals surface area contributed by atoms with Crippen LogP contribution in [-0.4, -0.2) is 0 Å². The zero-order chi connectivity index (χ0) is 45.4. The van der Waals surface area contributed by atoms with Gasteiger partial charge in [-0.3, -0.25) is 0 Å². The SMILES string of the molecule is CC(C)c1ccc(N(c2ccc(C(C)C)cc2)c2ccc3cc4c(cc3c2)oc2cc3c(cc24)oc2c4ccc(N(c5ccc(C(C)C)cc5)c5ccc(C(C)C)cc5)cc4ccc32)cc1. The van der Waals surface area contributed by atoms with Crippen molar-refractivity contribution >= 4 is 99.5 Å². The van der Waals surface area contributed by atoms with E-state index in [1.807, 2.05) is 0 Å². The Bertz CT molecular complexity index is 3350. The van der Waals surface area contributed by atoms with Crippen LogP contribution in [0.1, 0.15) is 101 Å². The maximum absolute atomic E-state index is 6.83. The summed E-state index contributed by atoms with van der Waals surface area (Å²) in [6, 6.07) is 62.7. The number of furan rings is 2. The van der Waals surface area contributed by atoms with Crippen molar-refractivity contribution in [3.63, 3.8) is 0 Å². The fourth-order valence-electron chi connectivity index (χ4n) is 9.75. The summed E-state index contributed by atoms with van der Waals surface area (Å²) in [5.74, 6) is 1.87. The molecule has 2 heterocycles. The van der Waals surface area contributed by atoms with Gasteiger partial charge in [0.2, 0.25) is 0 Å². The highest BCUT2D eigenvalue weighted by Gasteiger charge is 2.20. The molecule has 0 bridgehead atoms. The van der Waals surface area contributed by atoms with E-state index in [1.165, 1.54) is 22.3 Å². The molecule has 66 heavy (non-hydrogen) atoms. The molecule has 0 spiro atoms. The summed E-state index contributed by atoms with van der Waals surface area (Å²) >= 11 is 0. The topological polar surface area (TPSA) is 32.8 Å². The zero-order valence-corrected chi connectivity index (χ0v) is 39.2. The second kappa shape index (κ2) is 16.3. The fraction of sp³-hybridized carbons (Fsp3) is 0.194. The van der Waals surface area contributed by atoms with Crippen LogP contribution in [0, 0.1) is 0 Å². The highest BCUT2D eigenvalue weighted by Crippen LogP contribution is 2.44. The zero-order valence-electron chi connectivity index (χ0n) is 39.2. The monoisotopic (exact) mass is 860 g/mol. The Labute approximate surface area is 387 Å². The van der Waals surface area contributed by atoms with Crippen LogP contribution in [0.25, 0.3) is 65.4 Å². The van der Waals surface area contributed by atoms with E-state index in [2.05, 4.69) is 235 Å². The van der Waals surface area contributed by atoms with Crippen LogP contribution in [0.5, 0.6) is 0 Å². The van der Waals surface area contributed by atoms with E-state index in [0.29, 0.717) is 23.7 Å². The molecule has 0 unspecified atom stereocenters. The van der Waals surface area contributed by atoms with Crippen LogP contribution in [0.4, 0.5) is 34.1 Å². The molecule has 0 aliphatic rings. The second-order valence-corrected chi connectivity index (χ2v) is 19.4. The number of benzene rings is 9. The van der Waals surface area contributed by atoms with Gasteiger partial charge in [-0.05, 0) is 171 Å². The van der Waals surface area contributed by atoms with Crippen molar-refractivity contribution in [2.45, 2.75) is 79.1 Å². The molecule has 0 N–H and O–H groups in total. The summed E-state index contributed by atoms with van der Waals surface area (Å²) in [5, 5.41) is 8.75. The van der Waals surface area contributed by atoms with E-state index in [1.54, 1.807) is 0 Å². The van der Waals surface area contributed by atoms with Crippen molar-refractivity contribution < 1.29 is 8.83 Å². The number of hydrogen-bond donors (Lipinski definition) is 0. The Morgan fingerprint density at radius 3 is 1.09 bits per heavy atom. The average molecular weight is 861 g/mol. The predicted molar refractivity (Wildman–Crippen MR) is 282 cm³/mol. The normalized spacial score (nSPS) is 12.2.